The van der Waals surface area contributed by atoms with E-state index in [-0.39, 0.29) is 10.7 Å². The van der Waals surface area contributed by atoms with E-state index in [1.54, 1.807) is 11.6 Å². The summed E-state index contributed by atoms with van der Waals surface area (Å²) in [5.41, 5.74) is 2.33. The van der Waals surface area contributed by atoms with Gasteiger partial charge >= 0.3 is 5.82 Å². The van der Waals surface area contributed by atoms with E-state index >= 15 is 0 Å². The Balaban J connectivity index is 1.61. The lowest BCUT2D eigenvalue weighted by Gasteiger charge is -2.21. The van der Waals surface area contributed by atoms with Gasteiger partial charge in [0.2, 0.25) is 5.82 Å². The van der Waals surface area contributed by atoms with E-state index in [0.29, 0.717) is 17.3 Å². The molecular weight excluding hydrogens is 326 g/mol. The highest BCUT2D eigenvalue weighted by Gasteiger charge is 2.24. The zero-order valence-electron chi connectivity index (χ0n) is 13.0. The van der Waals surface area contributed by atoms with Gasteiger partial charge in [-0.25, -0.2) is 0 Å². The Kier molecular flexibility index (Phi) is 3.81. The fourth-order valence-electron chi connectivity index (χ4n) is 3.17. The number of rotatable bonds is 5. The Hall–Kier alpha value is -2.61. The van der Waals surface area contributed by atoms with Crippen molar-refractivity contribution >= 4 is 33.6 Å². The fraction of sp³-hybridized carbons (Fsp3) is 0.312. The molecule has 0 amide bonds. The van der Waals surface area contributed by atoms with Crippen LogP contribution in [0.5, 0.6) is 0 Å². The minimum atomic E-state index is -0.387. The molecule has 0 aliphatic carbocycles. The van der Waals surface area contributed by atoms with Crippen LogP contribution in [0.25, 0.3) is 4.96 Å². The van der Waals surface area contributed by atoms with Crippen molar-refractivity contribution in [3.8, 4) is 0 Å². The van der Waals surface area contributed by atoms with Crippen molar-refractivity contribution in [2.24, 2.45) is 0 Å². The summed E-state index contributed by atoms with van der Waals surface area (Å²) in [7, 11) is 0. The molecule has 1 saturated heterocycles. The highest BCUT2D eigenvalue weighted by molar-refractivity contribution is 7.15. The number of nitrogens with one attached hydrogen (secondary N) is 1. The first-order chi connectivity index (χ1) is 11.7. The van der Waals surface area contributed by atoms with Crippen LogP contribution in [0.2, 0.25) is 0 Å². The molecule has 0 unspecified atom stereocenters. The van der Waals surface area contributed by atoms with Gasteiger partial charge in [0.1, 0.15) is 6.20 Å². The topological polar surface area (TPSA) is 75.7 Å². The van der Waals surface area contributed by atoms with E-state index in [9.17, 15) is 10.1 Å². The summed E-state index contributed by atoms with van der Waals surface area (Å²) in [5.74, 6) is 0.313. The van der Waals surface area contributed by atoms with Gasteiger partial charge in [-0.15, -0.1) is 0 Å². The molecule has 7 nitrogen and oxygen atoms in total. The first-order valence-electron chi connectivity index (χ1n) is 7.91. The maximum Gasteiger partial charge on any atom is 0.372 e. The van der Waals surface area contributed by atoms with E-state index in [4.69, 9.17) is 0 Å². The molecular formula is C16H17N5O2S. The Morgan fingerprint density at radius 1 is 1.29 bits per heavy atom. The summed E-state index contributed by atoms with van der Waals surface area (Å²) in [6, 6.07) is 8.20. The van der Waals surface area contributed by atoms with Crippen LogP contribution in [0, 0.1) is 10.1 Å². The van der Waals surface area contributed by atoms with Crippen molar-refractivity contribution in [3.05, 3.63) is 51.5 Å². The van der Waals surface area contributed by atoms with Crippen molar-refractivity contribution in [2.75, 3.05) is 23.3 Å². The molecule has 3 heterocycles. The molecule has 8 heteroatoms. The average Bonchev–Trinajstić information content (AvgIpc) is 3.29. The maximum absolute atomic E-state index is 11.4. The molecule has 2 aromatic heterocycles. The van der Waals surface area contributed by atoms with Gasteiger partial charge in [0, 0.05) is 30.7 Å². The number of hydrogen-bond acceptors (Lipinski definition) is 6. The number of benzene rings is 1. The van der Waals surface area contributed by atoms with Gasteiger partial charge in [0.15, 0.2) is 0 Å². The highest BCUT2D eigenvalue weighted by atomic mass is 32.1. The maximum atomic E-state index is 11.4. The van der Waals surface area contributed by atoms with Crippen LogP contribution >= 0.6 is 11.3 Å². The van der Waals surface area contributed by atoms with Gasteiger partial charge in [-0.05, 0) is 29.4 Å². The molecule has 0 spiro atoms. The number of nitrogens with zero attached hydrogens (tertiary/aromatic N) is 4. The van der Waals surface area contributed by atoms with Crippen LogP contribution in [-0.2, 0) is 6.54 Å². The minimum Gasteiger partial charge on any atom is -0.371 e. The Labute approximate surface area is 142 Å². The third-order valence-electron chi connectivity index (χ3n) is 4.29. The van der Waals surface area contributed by atoms with E-state index < -0.39 is 0 Å². The second-order valence-electron chi connectivity index (χ2n) is 5.77. The number of hydrogen-bond donors (Lipinski definition) is 1. The number of imidazole rings is 1. The van der Waals surface area contributed by atoms with Gasteiger partial charge in [0.25, 0.3) is 4.96 Å². The summed E-state index contributed by atoms with van der Waals surface area (Å²) in [6.45, 7) is 2.65. The number of aromatic nitrogens is 2. The summed E-state index contributed by atoms with van der Waals surface area (Å²) in [6.07, 6.45) is 4.10. The molecule has 124 valence electrons. The average molecular weight is 343 g/mol. The van der Waals surface area contributed by atoms with E-state index in [1.165, 1.54) is 34.3 Å². The molecule has 1 aliphatic heterocycles. The first kappa shape index (κ1) is 14.9. The van der Waals surface area contributed by atoms with Crippen molar-refractivity contribution < 1.29 is 4.92 Å². The monoisotopic (exact) mass is 343 g/mol. The van der Waals surface area contributed by atoms with Crippen LogP contribution in [0.1, 0.15) is 18.4 Å². The summed E-state index contributed by atoms with van der Waals surface area (Å²) >= 11 is 1.38. The van der Waals surface area contributed by atoms with Gasteiger partial charge in [-0.2, -0.15) is 9.38 Å². The van der Waals surface area contributed by atoms with Crippen molar-refractivity contribution in [1.29, 1.82) is 0 Å². The molecule has 24 heavy (non-hydrogen) atoms. The molecule has 3 aromatic rings. The van der Waals surface area contributed by atoms with Crippen molar-refractivity contribution in [2.45, 2.75) is 19.4 Å². The van der Waals surface area contributed by atoms with Crippen molar-refractivity contribution in [3.63, 3.8) is 0 Å². The Morgan fingerprint density at radius 3 is 2.88 bits per heavy atom. The largest absolute Gasteiger partial charge is 0.372 e. The third-order valence-corrected chi connectivity index (χ3v) is 5.05. The molecule has 1 fully saturated rings. The van der Waals surface area contributed by atoms with Crippen LogP contribution in [0.15, 0.2) is 35.8 Å². The Morgan fingerprint density at radius 2 is 2.08 bits per heavy atom. The zero-order valence-corrected chi connectivity index (χ0v) is 13.8. The first-order valence-corrected chi connectivity index (χ1v) is 8.78. The van der Waals surface area contributed by atoms with E-state index in [1.807, 2.05) is 12.1 Å². The predicted octanol–water partition coefficient (Wildman–Crippen LogP) is 3.52. The molecule has 1 aliphatic rings. The van der Waals surface area contributed by atoms with Gasteiger partial charge in [-0.1, -0.05) is 29.5 Å². The quantitative estimate of drug-likeness (QED) is 0.567. The van der Waals surface area contributed by atoms with Crippen LogP contribution in [0.4, 0.5) is 17.3 Å². The fourth-order valence-corrected chi connectivity index (χ4v) is 3.88. The highest BCUT2D eigenvalue weighted by Crippen LogP contribution is 2.30. The summed E-state index contributed by atoms with van der Waals surface area (Å²) in [4.78, 5) is 18.3. The molecule has 0 atom stereocenters. The van der Waals surface area contributed by atoms with Crippen molar-refractivity contribution in [1.82, 2.24) is 9.38 Å². The van der Waals surface area contributed by atoms with Gasteiger partial charge in [0.05, 0.1) is 0 Å². The zero-order chi connectivity index (χ0) is 16.5. The standard InChI is InChI=1S/C16H17N5O2S/c22-21(23)15-14(18-16-20(15)9-10-24-16)17-11-12-5-1-2-6-13(12)19-7-3-4-8-19/h1-2,5-6,9-10,17H,3-4,7-8,11H2. The number of para-hydroxylation sites is 1. The third kappa shape index (κ3) is 2.58. The molecule has 1 N–H and O–H groups in total. The van der Waals surface area contributed by atoms with Crippen LogP contribution < -0.4 is 10.2 Å². The molecule has 0 bridgehead atoms. The molecule has 0 saturated carbocycles. The normalized spacial score (nSPS) is 14.4. The molecule has 4 rings (SSSR count). The number of fused-ring (bicyclic) bond motifs is 1. The second-order valence-corrected chi connectivity index (χ2v) is 6.65. The number of nitro groups is 1. The molecule has 0 radical (unpaired) electrons. The Bertz CT molecular complexity index is 882. The van der Waals surface area contributed by atoms with Crippen LogP contribution in [0.3, 0.4) is 0 Å². The van der Waals surface area contributed by atoms with Gasteiger partial charge < -0.3 is 20.3 Å². The molecule has 1 aromatic carbocycles. The summed E-state index contributed by atoms with van der Waals surface area (Å²) < 4.78 is 1.51. The minimum absolute atomic E-state index is 0.00935. The SMILES string of the molecule is O=[N+]([O-])c1c(NCc2ccccc2N2CCCC2)nc2sccn12. The number of thiazole rings is 1. The van der Waals surface area contributed by atoms with Gasteiger partial charge in [-0.3, -0.25) is 0 Å². The van der Waals surface area contributed by atoms with E-state index in [2.05, 4.69) is 27.3 Å². The number of anilines is 2. The lowest BCUT2D eigenvalue weighted by atomic mass is 10.1. The van der Waals surface area contributed by atoms with E-state index in [0.717, 1.165) is 18.7 Å². The second kappa shape index (κ2) is 6.12. The lowest BCUT2D eigenvalue weighted by Crippen LogP contribution is -2.20. The van der Waals surface area contributed by atoms with Crippen LogP contribution in [-0.4, -0.2) is 27.4 Å². The lowest BCUT2D eigenvalue weighted by molar-refractivity contribution is -0.389. The smallest absolute Gasteiger partial charge is 0.371 e. The predicted molar refractivity (Wildman–Crippen MR) is 94.9 cm³/mol. The summed E-state index contributed by atoms with van der Waals surface area (Å²) in [5, 5.41) is 16.3.